The Labute approximate surface area is 59.9 Å². The largest absolute Gasteiger partial charge is 0.409 e. The number of oxime groups is 1. The second kappa shape index (κ2) is 4.62. The maximum absolute atomic E-state index is 8.18. The van der Waals surface area contributed by atoms with E-state index in [0.29, 0.717) is 12.8 Å². The molecule has 0 aromatic rings. The summed E-state index contributed by atoms with van der Waals surface area (Å²) in [5.41, 5.74) is 5.25. The molecule has 0 aromatic carbocycles. The van der Waals surface area contributed by atoms with Gasteiger partial charge in [0.25, 0.3) is 0 Å². The van der Waals surface area contributed by atoms with Gasteiger partial charge in [-0.3, -0.25) is 0 Å². The van der Waals surface area contributed by atoms with Crippen molar-refractivity contribution in [1.29, 1.82) is 5.26 Å². The molecule has 3 N–H and O–H groups in total. The highest BCUT2D eigenvalue weighted by atomic mass is 16.4. The first-order valence-electron chi connectivity index (χ1n) is 3.06. The van der Waals surface area contributed by atoms with Gasteiger partial charge in [0, 0.05) is 12.3 Å². The number of hydrogen-bond donors (Lipinski definition) is 2. The van der Waals surface area contributed by atoms with Crippen LogP contribution in [-0.4, -0.2) is 11.0 Å². The van der Waals surface area contributed by atoms with E-state index >= 15 is 0 Å². The summed E-state index contributed by atoms with van der Waals surface area (Å²) in [6.07, 6.45) is 1.09. The molecule has 0 aliphatic rings. The molecule has 0 heterocycles. The third-order valence-corrected chi connectivity index (χ3v) is 1.31. The first-order chi connectivity index (χ1) is 4.72. The molecule has 0 aromatic heterocycles. The first-order valence-corrected chi connectivity index (χ1v) is 3.06. The Morgan fingerprint density at radius 3 is 2.90 bits per heavy atom. The van der Waals surface area contributed by atoms with E-state index in [1.54, 1.807) is 0 Å². The summed E-state index contributed by atoms with van der Waals surface area (Å²) in [5, 5.41) is 19.2. The lowest BCUT2D eigenvalue weighted by atomic mass is 10.1. The lowest BCUT2D eigenvalue weighted by Crippen LogP contribution is -2.20. The van der Waals surface area contributed by atoms with Crippen LogP contribution in [0.25, 0.3) is 0 Å². The highest BCUT2D eigenvalue weighted by molar-refractivity contribution is 5.81. The Kier molecular flexibility index (Phi) is 4.05. The van der Waals surface area contributed by atoms with E-state index in [0.717, 1.165) is 0 Å². The zero-order valence-electron chi connectivity index (χ0n) is 5.91. The topological polar surface area (TPSA) is 82.4 Å². The molecule has 0 aliphatic heterocycles. The summed E-state index contributed by atoms with van der Waals surface area (Å²) in [6.45, 7) is 1.81. The van der Waals surface area contributed by atoms with Crippen LogP contribution in [0.4, 0.5) is 0 Å². The van der Waals surface area contributed by atoms with Crippen LogP contribution < -0.4 is 5.73 Å². The van der Waals surface area contributed by atoms with Crippen LogP contribution in [0.2, 0.25) is 0 Å². The van der Waals surface area contributed by atoms with Gasteiger partial charge in [-0.1, -0.05) is 12.1 Å². The first kappa shape index (κ1) is 8.76. The van der Waals surface area contributed by atoms with Gasteiger partial charge in [-0.25, -0.2) is 0 Å². The van der Waals surface area contributed by atoms with Crippen molar-refractivity contribution in [3.63, 3.8) is 0 Å². The standard InChI is InChI=1S/C6H11N3O/c1-5(3-2-4-7)6(8)9-10/h5,10H,2-3H2,1H3,(H2,8,9). The summed E-state index contributed by atoms with van der Waals surface area (Å²) >= 11 is 0. The Morgan fingerprint density at radius 2 is 2.50 bits per heavy atom. The monoisotopic (exact) mass is 141 g/mol. The molecule has 0 saturated heterocycles. The van der Waals surface area contributed by atoms with Crippen molar-refractivity contribution in [2.45, 2.75) is 19.8 Å². The van der Waals surface area contributed by atoms with Gasteiger partial charge in [-0.05, 0) is 6.42 Å². The van der Waals surface area contributed by atoms with Gasteiger partial charge < -0.3 is 10.9 Å². The van der Waals surface area contributed by atoms with Crippen molar-refractivity contribution in [2.24, 2.45) is 16.8 Å². The highest BCUT2D eigenvalue weighted by Crippen LogP contribution is 2.03. The summed E-state index contributed by atoms with van der Waals surface area (Å²) < 4.78 is 0. The van der Waals surface area contributed by atoms with E-state index in [9.17, 15) is 0 Å². The normalized spacial score (nSPS) is 14.2. The Hall–Kier alpha value is -1.24. The van der Waals surface area contributed by atoms with E-state index < -0.39 is 0 Å². The number of nitriles is 1. The third-order valence-electron chi connectivity index (χ3n) is 1.31. The smallest absolute Gasteiger partial charge is 0.142 e. The number of rotatable bonds is 3. The second-order valence-electron chi connectivity index (χ2n) is 2.12. The Bertz CT molecular complexity index is 159. The average Bonchev–Trinajstić information content (AvgIpc) is 1.98. The quantitative estimate of drug-likeness (QED) is 0.262. The number of hydrogen-bond acceptors (Lipinski definition) is 3. The summed E-state index contributed by atoms with van der Waals surface area (Å²) in [4.78, 5) is 0. The van der Waals surface area contributed by atoms with Gasteiger partial charge in [0.15, 0.2) is 0 Å². The minimum Gasteiger partial charge on any atom is -0.409 e. The predicted octanol–water partition coefficient (Wildman–Crippen LogP) is 0.673. The van der Waals surface area contributed by atoms with Crippen molar-refractivity contribution < 1.29 is 5.21 Å². The molecule has 1 unspecified atom stereocenters. The Balaban J connectivity index is 3.64. The number of nitrogens with zero attached hydrogens (tertiary/aromatic N) is 2. The maximum Gasteiger partial charge on any atom is 0.142 e. The fourth-order valence-electron chi connectivity index (χ4n) is 0.527. The molecule has 4 heteroatoms. The molecule has 0 aliphatic carbocycles. The molecule has 0 saturated carbocycles. The Morgan fingerprint density at radius 1 is 1.90 bits per heavy atom. The molecule has 0 spiro atoms. The van der Waals surface area contributed by atoms with Gasteiger partial charge in [0.05, 0.1) is 6.07 Å². The molecule has 0 fully saturated rings. The molecule has 0 amide bonds. The molecular weight excluding hydrogens is 130 g/mol. The van der Waals surface area contributed by atoms with Crippen LogP contribution in [0, 0.1) is 17.2 Å². The zero-order chi connectivity index (χ0) is 7.98. The van der Waals surface area contributed by atoms with Crippen molar-refractivity contribution in [3.05, 3.63) is 0 Å². The molecule has 10 heavy (non-hydrogen) atoms. The van der Waals surface area contributed by atoms with Crippen molar-refractivity contribution in [2.75, 3.05) is 0 Å². The average molecular weight is 141 g/mol. The van der Waals surface area contributed by atoms with Gasteiger partial charge in [-0.15, -0.1) is 0 Å². The molecule has 1 atom stereocenters. The SMILES string of the molecule is CC(CCC#N)/C(N)=N/O. The molecule has 56 valence electrons. The van der Waals surface area contributed by atoms with Crippen LogP contribution >= 0.6 is 0 Å². The van der Waals surface area contributed by atoms with Gasteiger partial charge in [-0.2, -0.15) is 5.26 Å². The summed E-state index contributed by atoms with van der Waals surface area (Å²) in [6, 6.07) is 1.99. The van der Waals surface area contributed by atoms with Gasteiger partial charge in [0.2, 0.25) is 0 Å². The minimum atomic E-state index is -0.00958. The minimum absolute atomic E-state index is 0.00958. The van der Waals surface area contributed by atoms with Crippen LogP contribution in [0.1, 0.15) is 19.8 Å². The van der Waals surface area contributed by atoms with Crippen molar-refractivity contribution in [3.8, 4) is 6.07 Å². The van der Waals surface area contributed by atoms with Crippen molar-refractivity contribution >= 4 is 5.84 Å². The lowest BCUT2D eigenvalue weighted by Gasteiger charge is -2.04. The van der Waals surface area contributed by atoms with Gasteiger partial charge >= 0.3 is 0 Å². The summed E-state index contributed by atoms with van der Waals surface area (Å²) in [5.74, 6) is 0.180. The fourth-order valence-corrected chi connectivity index (χ4v) is 0.527. The molecule has 0 rings (SSSR count). The number of nitrogens with two attached hydrogens (primary N) is 1. The van der Waals surface area contributed by atoms with Crippen LogP contribution in [-0.2, 0) is 0 Å². The zero-order valence-corrected chi connectivity index (χ0v) is 5.91. The molecule has 0 radical (unpaired) electrons. The summed E-state index contributed by atoms with van der Waals surface area (Å²) in [7, 11) is 0. The van der Waals surface area contributed by atoms with E-state index in [4.69, 9.17) is 16.2 Å². The lowest BCUT2D eigenvalue weighted by molar-refractivity contribution is 0.314. The van der Waals surface area contributed by atoms with Gasteiger partial charge in [0.1, 0.15) is 5.84 Å². The van der Waals surface area contributed by atoms with E-state index in [-0.39, 0.29) is 11.8 Å². The highest BCUT2D eigenvalue weighted by Gasteiger charge is 2.05. The van der Waals surface area contributed by atoms with E-state index in [2.05, 4.69) is 5.16 Å². The fraction of sp³-hybridized carbons (Fsp3) is 0.667. The molecular formula is C6H11N3O. The maximum atomic E-state index is 8.18. The van der Waals surface area contributed by atoms with E-state index in [1.165, 1.54) is 0 Å². The number of amidine groups is 1. The van der Waals surface area contributed by atoms with Crippen molar-refractivity contribution in [1.82, 2.24) is 0 Å². The van der Waals surface area contributed by atoms with E-state index in [1.807, 2.05) is 13.0 Å². The molecule has 4 nitrogen and oxygen atoms in total. The van der Waals surface area contributed by atoms with Crippen LogP contribution in [0.3, 0.4) is 0 Å². The molecule has 0 bridgehead atoms. The predicted molar refractivity (Wildman–Crippen MR) is 37.4 cm³/mol. The second-order valence-corrected chi connectivity index (χ2v) is 2.12. The van der Waals surface area contributed by atoms with Crippen LogP contribution in [0.15, 0.2) is 5.16 Å². The van der Waals surface area contributed by atoms with Crippen LogP contribution in [0.5, 0.6) is 0 Å². The third kappa shape index (κ3) is 2.92.